The molecule has 3 aromatic rings. The zero-order valence-electron chi connectivity index (χ0n) is 14.5. The van der Waals surface area contributed by atoms with Crippen LogP contribution in [0.3, 0.4) is 0 Å². The quantitative estimate of drug-likeness (QED) is 0.544. The molecule has 1 N–H and O–H groups in total. The van der Waals surface area contributed by atoms with Crippen LogP contribution in [0.2, 0.25) is 0 Å². The van der Waals surface area contributed by atoms with Gasteiger partial charge in [-0.25, -0.2) is 9.97 Å². The highest BCUT2D eigenvalue weighted by Gasteiger charge is 2.15. The minimum absolute atomic E-state index is 0.0256. The predicted molar refractivity (Wildman–Crippen MR) is 97.1 cm³/mol. The van der Waals surface area contributed by atoms with Crippen LogP contribution < -0.4 is 10.3 Å². The van der Waals surface area contributed by atoms with Gasteiger partial charge in [-0.1, -0.05) is 11.8 Å². The lowest BCUT2D eigenvalue weighted by molar-refractivity contribution is 0.415. The molecule has 0 radical (unpaired) electrons. The van der Waals surface area contributed by atoms with Crippen molar-refractivity contribution in [2.45, 2.75) is 24.8 Å². The second-order valence-corrected chi connectivity index (χ2v) is 6.44. The molecule has 0 aliphatic heterocycles. The Labute approximate surface area is 154 Å². The lowest BCUT2D eigenvalue weighted by Crippen LogP contribution is -2.14. The molecule has 0 aliphatic carbocycles. The molecule has 0 saturated carbocycles. The first-order valence-electron chi connectivity index (χ1n) is 7.76. The second-order valence-electron chi connectivity index (χ2n) is 5.47. The maximum Gasteiger partial charge on any atom is 0.270 e. The first kappa shape index (κ1) is 17.8. The predicted octanol–water partition coefficient (Wildman–Crippen LogP) is 3.21. The molecule has 0 unspecified atom stereocenters. The van der Waals surface area contributed by atoms with Crippen LogP contribution in [0.25, 0.3) is 11.3 Å². The van der Waals surface area contributed by atoms with Crippen molar-refractivity contribution in [1.82, 2.24) is 15.0 Å². The minimum Gasteiger partial charge on any atom is -0.497 e. The van der Waals surface area contributed by atoms with Gasteiger partial charge >= 0.3 is 0 Å². The van der Waals surface area contributed by atoms with Crippen molar-refractivity contribution in [2.24, 2.45) is 0 Å². The number of benzene rings is 1. The van der Waals surface area contributed by atoms with Crippen molar-refractivity contribution in [3.05, 3.63) is 57.5 Å². The molecule has 0 fully saturated rings. The van der Waals surface area contributed by atoms with Crippen LogP contribution in [0.5, 0.6) is 5.75 Å². The molecule has 0 amide bonds. The van der Waals surface area contributed by atoms with Gasteiger partial charge in [-0.3, -0.25) is 4.79 Å². The van der Waals surface area contributed by atoms with E-state index in [1.165, 1.54) is 11.8 Å². The number of nitrogens with one attached hydrogen (secondary N) is 1. The number of aryl methyl sites for hydroxylation is 2. The number of hydrogen-bond donors (Lipinski definition) is 1. The Hall–Kier alpha value is -3.05. The summed E-state index contributed by atoms with van der Waals surface area (Å²) in [4.78, 5) is 23.7. The Morgan fingerprint density at radius 2 is 2.00 bits per heavy atom. The van der Waals surface area contributed by atoms with Crippen molar-refractivity contribution in [3.63, 3.8) is 0 Å². The minimum atomic E-state index is -0.476. The van der Waals surface area contributed by atoms with E-state index in [1.807, 2.05) is 19.9 Å². The number of aromatic amines is 1. The van der Waals surface area contributed by atoms with Crippen molar-refractivity contribution < 1.29 is 9.15 Å². The van der Waals surface area contributed by atoms with E-state index in [2.05, 4.69) is 15.0 Å². The Bertz CT molecular complexity index is 1010. The summed E-state index contributed by atoms with van der Waals surface area (Å²) in [7, 11) is 1.57. The monoisotopic (exact) mass is 368 g/mol. The number of thioether (sulfide) groups is 1. The molecule has 0 saturated heterocycles. The maximum absolute atomic E-state index is 12.3. The van der Waals surface area contributed by atoms with Gasteiger partial charge < -0.3 is 14.1 Å². The van der Waals surface area contributed by atoms with Crippen LogP contribution in [0.4, 0.5) is 0 Å². The third-order valence-corrected chi connectivity index (χ3v) is 4.64. The van der Waals surface area contributed by atoms with E-state index in [0.29, 0.717) is 33.8 Å². The van der Waals surface area contributed by atoms with E-state index in [9.17, 15) is 10.1 Å². The van der Waals surface area contributed by atoms with Gasteiger partial charge in [-0.15, -0.1) is 0 Å². The van der Waals surface area contributed by atoms with Crippen molar-refractivity contribution in [1.29, 1.82) is 5.26 Å². The Morgan fingerprint density at radius 1 is 1.27 bits per heavy atom. The second kappa shape index (κ2) is 7.45. The molecular weight excluding hydrogens is 352 g/mol. The fourth-order valence-corrected chi connectivity index (χ4v) is 3.02. The molecule has 0 bridgehead atoms. The molecule has 7 nitrogen and oxygen atoms in total. The highest BCUT2D eigenvalue weighted by atomic mass is 32.2. The van der Waals surface area contributed by atoms with Crippen LogP contribution in [-0.4, -0.2) is 22.1 Å². The lowest BCUT2D eigenvalue weighted by atomic mass is 10.1. The summed E-state index contributed by atoms with van der Waals surface area (Å²) in [6, 6.07) is 8.96. The summed E-state index contributed by atoms with van der Waals surface area (Å²) in [5, 5.41) is 9.72. The van der Waals surface area contributed by atoms with Crippen molar-refractivity contribution in [2.75, 3.05) is 7.11 Å². The Morgan fingerprint density at radius 3 is 2.58 bits per heavy atom. The van der Waals surface area contributed by atoms with Gasteiger partial charge in [0, 0.05) is 5.56 Å². The lowest BCUT2D eigenvalue weighted by Gasteiger charge is -2.07. The van der Waals surface area contributed by atoms with Gasteiger partial charge in [0.25, 0.3) is 5.56 Å². The first-order valence-corrected chi connectivity index (χ1v) is 8.75. The Balaban J connectivity index is 1.93. The van der Waals surface area contributed by atoms with Crippen molar-refractivity contribution >= 4 is 11.8 Å². The van der Waals surface area contributed by atoms with E-state index in [1.54, 1.807) is 31.4 Å². The molecule has 0 aliphatic rings. The molecule has 0 spiro atoms. The standard InChI is InChI=1S/C18H16N4O3S/c1-10-11(2)25-15(20-10)9-26-18-21-16(14(8-19)17(23)22-18)12-4-6-13(24-3)7-5-12/h4-7H,9H2,1-3H3,(H,21,22,23). The third kappa shape index (κ3) is 3.63. The fraction of sp³-hybridized carbons (Fsp3) is 0.222. The summed E-state index contributed by atoms with van der Waals surface area (Å²) in [5.74, 6) is 2.43. The highest BCUT2D eigenvalue weighted by Crippen LogP contribution is 2.25. The normalized spacial score (nSPS) is 10.5. The molecule has 132 valence electrons. The summed E-state index contributed by atoms with van der Waals surface area (Å²) < 4.78 is 10.7. The van der Waals surface area contributed by atoms with E-state index in [0.717, 1.165) is 11.5 Å². The maximum atomic E-state index is 12.3. The van der Waals surface area contributed by atoms with Gasteiger partial charge in [-0.2, -0.15) is 5.26 Å². The molecule has 8 heteroatoms. The summed E-state index contributed by atoms with van der Waals surface area (Å²) in [5.41, 5.74) is 1.33. The SMILES string of the molecule is COc1ccc(-c2nc(SCc3nc(C)c(C)o3)[nH]c(=O)c2C#N)cc1. The number of ether oxygens (including phenoxy) is 1. The zero-order valence-corrected chi connectivity index (χ0v) is 15.3. The molecule has 26 heavy (non-hydrogen) atoms. The number of H-pyrrole nitrogens is 1. The van der Waals surface area contributed by atoms with Crippen molar-refractivity contribution in [3.8, 4) is 23.1 Å². The van der Waals surface area contributed by atoms with E-state index in [-0.39, 0.29) is 5.56 Å². The summed E-state index contributed by atoms with van der Waals surface area (Å²) in [6.45, 7) is 3.72. The van der Waals surface area contributed by atoms with Crippen LogP contribution in [0, 0.1) is 25.2 Å². The topological polar surface area (TPSA) is 105 Å². The average molecular weight is 368 g/mol. The van der Waals surface area contributed by atoms with Gasteiger partial charge in [-0.05, 0) is 38.1 Å². The van der Waals surface area contributed by atoms with E-state index in [4.69, 9.17) is 9.15 Å². The van der Waals surface area contributed by atoms with Gasteiger partial charge in [0.1, 0.15) is 23.1 Å². The number of hydrogen-bond acceptors (Lipinski definition) is 7. The number of nitriles is 1. The molecule has 2 heterocycles. The largest absolute Gasteiger partial charge is 0.497 e. The highest BCUT2D eigenvalue weighted by molar-refractivity contribution is 7.98. The molecule has 3 rings (SSSR count). The Kier molecular flexibility index (Phi) is 5.09. The number of oxazole rings is 1. The van der Waals surface area contributed by atoms with Crippen LogP contribution in [0.15, 0.2) is 38.6 Å². The zero-order chi connectivity index (χ0) is 18.7. The first-order chi connectivity index (χ1) is 12.5. The number of nitrogens with zero attached hydrogens (tertiary/aromatic N) is 3. The van der Waals surface area contributed by atoms with Crippen LogP contribution >= 0.6 is 11.8 Å². The molecule has 1 aromatic carbocycles. The molecular formula is C18H16N4O3S. The van der Waals surface area contributed by atoms with Gasteiger partial charge in [0.05, 0.1) is 24.3 Å². The van der Waals surface area contributed by atoms with E-state index < -0.39 is 5.56 Å². The number of rotatable bonds is 5. The van der Waals surface area contributed by atoms with Crippen LogP contribution in [0.1, 0.15) is 22.9 Å². The third-order valence-electron chi connectivity index (χ3n) is 3.78. The smallest absolute Gasteiger partial charge is 0.270 e. The van der Waals surface area contributed by atoms with E-state index >= 15 is 0 Å². The molecule has 0 atom stereocenters. The molecule has 2 aromatic heterocycles. The van der Waals surface area contributed by atoms with Gasteiger partial charge in [0.15, 0.2) is 5.16 Å². The number of methoxy groups -OCH3 is 1. The van der Waals surface area contributed by atoms with Gasteiger partial charge in [0.2, 0.25) is 5.89 Å². The fourth-order valence-electron chi connectivity index (χ4n) is 2.31. The summed E-state index contributed by atoms with van der Waals surface area (Å²) in [6.07, 6.45) is 0. The average Bonchev–Trinajstić information content (AvgIpc) is 2.97. The van der Waals surface area contributed by atoms with Crippen LogP contribution in [-0.2, 0) is 5.75 Å². The number of aromatic nitrogens is 3. The summed E-state index contributed by atoms with van der Waals surface area (Å²) >= 11 is 1.29.